The van der Waals surface area contributed by atoms with E-state index in [2.05, 4.69) is 5.32 Å². The number of carbonyl (C=O) groups excluding carboxylic acids is 1. The molecular weight excluding hydrogens is 493 g/mol. The number of aliphatic carboxylic acids is 2. The number of nitrogens with one attached hydrogen (secondary N) is 1. The lowest BCUT2D eigenvalue weighted by atomic mass is 10.1. The number of ether oxygens (including phenoxy) is 1. The Hall–Kier alpha value is -3.29. The van der Waals surface area contributed by atoms with E-state index in [9.17, 15) is 32.7 Å². The van der Waals surface area contributed by atoms with Crippen molar-refractivity contribution in [3.05, 3.63) is 53.6 Å². The zero-order valence-corrected chi connectivity index (χ0v) is 19.0. The Morgan fingerprint density at radius 2 is 1.74 bits per heavy atom. The van der Waals surface area contributed by atoms with Gasteiger partial charge in [-0.1, -0.05) is 23.9 Å². The summed E-state index contributed by atoms with van der Waals surface area (Å²) in [6.07, 6.45) is -5.64. The van der Waals surface area contributed by atoms with Gasteiger partial charge in [0.1, 0.15) is 0 Å². The van der Waals surface area contributed by atoms with Crippen LogP contribution in [0.15, 0.2) is 52.3 Å². The molecule has 1 aliphatic rings. The summed E-state index contributed by atoms with van der Waals surface area (Å²) in [4.78, 5) is 37.6. The first-order valence-electron chi connectivity index (χ1n) is 10.2. The average Bonchev–Trinajstić information content (AvgIpc) is 2.79. The third-order valence-corrected chi connectivity index (χ3v) is 6.49. The number of alkyl halides is 3. The smallest absolute Gasteiger partial charge is 0.416 e. The zero-order chi connectivity index (χ0) is 26.0. The molecule has 1 atom stereocenters. The molecule has 0 aromatic heterocycles. The van der Waals surface area contributed by atoms with Crippen molar-refractivity contribution in [3.8, 4) is 0 Å². The van der Waals surface area contributed by atoms with Gasteiger partial charge in [0.2, 0.25) is 0 Å². The molecule has 1 heterocycles. The van der Waals surface area contributed by atoms with E-state index in [1.165, 1.54) is 17.8 Å². The number of hydrogen-bond acceptors (Lipinski definition) is 8. The molecule has 0 aliphatic carbocycles. The summed E-state index contributed by atoms with van der Waals surface area (Å²) in [5.74, 6) is -6.45. The van der Waals surface area contributed by atoms with Gasteiger partial charge < -0.3 is 30.3 Å². The summed E-state index contributed by atoms with van der Waals surface area (Å²) in [6, 6.07) is 10.2. The average molecular weight is 514 g/mol. The minimum atomic E-state index is -4.47. The van der Waals surface area contributed by atoms with Crippen LogP contribution in [0.25, 0.3) is 0 Å². The van der Waals surface area contributed by atoms with Gasteiger partial charge in [0.05, 0.1) is 17.8 Å². The van der Waals surface area contributed by atoms with E-state index in [4.69, 9.17) is 14.9 Å². The first-order chi connectivity index (χ1) is 16.4. The molecule has 9 nitrogen and oxygen atoms in total. The maximum absolute atomic E-state index is 13.0. The molecule has 0 spiro atoms. The summed E-state index contributed by atoms with van der Waals surface area (Å²) in [6.45, 7) is 2.25. The van der Waals surface area contributed by atoms with Crippen molar-refractivity contribution in [3.63, 3.8) is 0 Å². The Kier molecular flexibility index (Phi) is 7.62. The van der Waals surface area contributed by atoms with Gasteiger partial charge >= 0.3 is 29.7 Å². The Morgan fingerprint density at radius 3 is 2.34 bits per heavy atom. The number of carboxylic acids is 2. The highest BCUT2D eigenvalue weighted by Gasteiger charge is 2.55. The van der Waals surface area contributed by atoms with Crippen LogP contribution in [0.4, 0.5) is 18.9 Å². The van der Waals surface area contributed by atoms with E-state index in [0.717, 1.165) is 12.1 Å². The first kappa shape index (κ1) is 26.3. The number of rotatable bonds is 7. The zero-order valence-electron chi connectivity index (χ0n) is 18.2. The first-order valence-corrected chi connectivity index (χ1v) is 11.0. The lowest BCUT2D eigenvalue weighted by Crippen LogP contribution is -2.59. The van der Waals surface area contributed by atoms with Crippen LogP contribution < -0.4 is 10.2 Å². The van der Waals surface area contributed by atoms with E-state index < -0.39 is 41.5 Å². The van der Waals surface area contributed by atoms with Gasteiger partial charge in [-0.3, -0.25) is 0 Å². The van der Waals surface area contributed by atoms with Gasteiger partial charge in [0.15, 0.2) is 6.23 Å². The van der Waals surface area contributed by atoms with E-state index in [-0.39, 0.29) is 13.1 Å². The van der Waals surface area contributed by atoms with Gasteiger partial charge in [0.25, 0.3) is 0 Å². The molecule has 188 valence electrons. The number of aliphatic hydroxyl groups is 1. The number of carbonyl (C=O) groups is 3. The van der Waals surface area contributed by atoms with Gasteiger partial charge in [-0.15, -0.1) is 0 Å². The number of piperazine rings is 1. The summed E-state index contributed by atoms with van der Waals surface area (Å²) in [5.41, 5.74) is -3.64. The van der Waals surface area contributed by atoms with Gasteiger partial charge in [-0.05, 0) is 42.8 Å². The van der Waals surface area contributed by atoms with E-state index in [1.54, 1.807) is 36.1 Å². The molecule has 1 unspecified atom stereocenters. The molecule has 2 aromatic carbocycles. The molecular formula is C22H21F3N2O7S. The standard InChI is InChI=1S/C22H21F3N2O7S/c1-12-10-13(22(23,24)25)6-7-15(12)35-16-5-3-2-4-14(16)27-9-8-26-11-17(27)34-20(32)21(33,18(28)29)19(30)31/h2-7,10,17,26,33H,8-9,11H2,1H3,(H,28,29)(H,30,31). The minimum absolute atomic E-state index is 0.000629. The molecule has 0 saturated carbocycles. The molecule has 35 heavy (non-hydrogen) atoms. The largest absolute Gasteiger partial charge is 0.478 e. The van der Waals surface area contributed by atoms with Crippen molar-refractivity contribution < 1.29 is 47.6 Å². The topological polar surface area (TPSA) is 136 Å². The Labute approximate surface area is 201 Å². The Balaban J connectivity index is 1.90. The molecule has 0 amide bonds. The SMILES string of the molecule is Cc1cc(C(F)(F)F)ccc1Sc1ccccc1N1CCNCC1OC(=O)C(O)(C(=O)O)C(=O)O. The second-order valence-electron chi connectivity index (χ2n) is 7.63. The van der Waals surface area contributed by atoms with Crippen LogP contribution in [0.5, 0.6) is 0 Å². The van der Waals surface area contributed by atoms with Crippen LogP contribution in [0.3, 0.4) is 0 Å². The second-order valence-corrected chi connectivity index (χ2v) is 8.71. The number of halogens is 3. The van der Waals surface area contributed by atoms with Crippen LogP contribution in [0.1, 0.15) is 11.1 Å². The molecule has 4 N–H and O–H groups in total. The van der Waals surface area contributed by atoms with Crippen LogP contribution in [0.2, 0.25) is 0 Å². The number of aryl methyl sites for hydroxylation is 1. The molecule has 0 radical (unpaired) electrons. The number of para-hydroxylation sites is 1. The fraction of sp³-hybridized carbons (Fsp3) is 0.318. The van der Waals surface area contributed by atoms with Gasteiger partial charge in [-0.2, -0.15) is 13.2 Å². The second kappa shape index (κ2) is 10.1. The number of anilines is 1. The number of carboxylic acid groups (broad SMARTS) is 2. The quantitative estimate of drug-likeness (QED) is 0.322. The van der Waals surface area contributed by atoms with Gasteiger partial charge in [-0.25, -0.2) is 14.4 Å². The highest BCUT2D eigenvalue weighted by Crippen LogP contribution is 2.40. The Bertz CT molecular complexity index is 1130. The van der Waals surface area contributed by atoms with Gasteiger partial charge in [0, 0.05) is 22.9 Å². The number of hydrogen-bond donors (Lipinski definition) is 4. The molecule has 2 aromatic rings. The molecule has 13 heteroatoms. The van der Waals surface area contributed by atoms with Crippen molar-refractivity contribution in [2.75, 3.05) is 24.5 Å². The van der Waals surface area contributed by atoms with Crippen LogP contribution in [0, 0.1) is 6.92 Å². The van der Waals surface area contributed by atoms with E-state index >= 15 is 0 Å². The summed E-state index contributed by atoms with van der Waals surface area (Å²) in [5, 5.41) is 30.9. The molecule has 3 rings (SSSR count). The van der Waals surface area contributed by atoms with Crippen LogP contribution in [-0.4, -0.2) is 64.7 Å². The highest BCUT2D eigenvalue weighted by atomic mass is 32.2. The normalized spacial score (nSPS) is 16.6. The molecule has 0 bridgehead atoms. The van der Waals surface area contributed by atoms with E-state index in [1.807, 2.05) is 0 Å². The fourth-order valence-electron chi connectivity index (χ4n) is 3.37. The van der Waals surface area contributed by atoms with Crippen molar-refractivity contribution in [1.29, 1.82) is 0 Å². The van der Waals surface area contributed by atoms with Crippen molar-refractivity contribution in [2.24, 2.45) is 0 Å². The van der Waals surface area contributed by atoms with E-state index in [0.29, 0.717) is 27.6 Å². The predicted molar refractivity (Wildman–Crippen MR) is 117 cm³/mol. The van der Waals surface area contributed by atoms with Crippen LogP contribution >= 0.6 is 11.8 Å². The maximum Gasteiger partial charge on any atom is 0.416 e. The predicted octanol–water partition coefficient (Wildman–Crippen LogP) is 2.34. The molecule has 1 saturated heterocycles. The maximum atomic E-state index is 13.0. The van der Waals surface area contributed by atoms with Crippen molar-refractivity contribution in [1.82, 2.24) is 5.32 Å². The number of nitrogens with zero attached hydrogens (tertiary/aromatic N) is 1. The molecule has 1 fully saturated rings. The Morgan fingerprint density at radius 1 is 1.09 bits per heavy atom. The molecule has 1 aliphatic heterocycles. The number of benzene rings is 2. The van der Waals surface area contributed by atoms with Crippen LogP contribution in [-0.2, 0) is 25.3 Å². The third kappa shape index (κ3) is 5.52. The minimum Gasteiger partial charge on any atom is -0.478 e. The third-order valence-electron chi connectivity index (χ3n) is 5.25. The lowest BCUT2D eigenvalue weighted by molar-refractivity contribution is -0.192. The van der Waals surface area contributed by atoms with Crippen molar-refractivity contribution >= 4 is 35.4 Å². The highest BCUT2D eigenvalue weighted by molar-refractivity contribution is 7.99. The number of esters is 1. The fourth-order valence-corrected chi connectivity index (χ4v) is 4.40. The monoisotopic (exact) mass is 514 g/mol. The summed E-state index contributed by atoms with van der Waals surface area (Å²) >= 11 is 1.18. The summed E-state index contributed by atoms with van der Waals surface area (Å²) < 4.78 is 44.1. The lowest BCUT2D eigenvalue weighted by Gasteiger charge is -2.38. The van der Waals surface area contributed by atoms with Crippen molar-refractivity contribution in [2.45, 2.75) is 34.7 Å². The summed E-state index contributed by atoms with van der Waals surface area (Å²) in [7, 11) is 0.